The van der Waals surface area contributed by atoms with Gasteiger partial charge in [0.1, 0.15) is 6.07 Å². The number of sulfonamides is 1. The van der Waals surface area contributed by atoms with Crippen molar-refractivity contribution in [2.24, 2.45) is 5.92 Å². The van der Waals surface area contributed by atoms with E-state index in [0.29, 0.717) is 12.0 Å². The Bertz CT molecular complexity index is 1010. The van der Waals surface area contributed by atoms with Crippen molar-refractivity contribution in [3.63, 3.8) is 0 Å². The maximum absolute atomic E-state index is 12.5. The molecule has 0 radical (unpaired) electrons. The molecule has 2 aromatic rings. The molecule has 0 saturated carbocycles. The van der Waals surface area contributed by atoms with Gasteiger partial charge in [0.25, 0.3) is 10.0 Å². The fourth-order valence-electron chi connectivity index (χ4n) is 3.10. The first-order valence-electron chi connectivity index (χ1n) is 9.85. The van der Waals surface area contributed by atoms with Crippen LogP contribution < -0.4 is 9.62 Å². The fraction of sp³-hybridized carbons (Fsp3) is 0.409. The van der Waals surface area contributed by atoms with Crippen LogP contribution in [0, 0.1) is 17.2 Å². The molecule has 0 amide bonds. The molecule has 0 fully saturated rings. The molecule has 156 valence electrons. The number of hydrogen-bond donors (Lipinski definition) is 2. The number of fused-ring (bicyclic) bond motifs is 1. The Balaban J connectivity index is 2.28. The lowest BCUT2D eigenvalue weighted by molar-refractivity contribution is 0.263. The minimum absolute atomic E-state index is 0.00306. The molecule has 0 bridgehead atoms. The molecule has 29 heavy (non-hydrogen) atoms. The van der Waals surface area contributed by atoms with Crippen LogP contribution in [0.25, 0.3) is 16.8 Å². The molecule has 2 rings (SSSR count). The van der Waals surface area contributed by atoms with Crippen LogP contribution in [-0.4, -0.2) is 39.8 Å². The van der Waals surface area contributed by atoms with E-state index in [2.05, 4.69) is 35.6 Å². The molecule has 1 unspecified atom stereocenters. The number of anilines is 1. The van der Waals surface area contributed by atoms with E-state index in [1.165, 1.54) is 6.08 Å². The molecule has 0 aliphatic carbocycles. The van der Waals surface area contributed by atoms with E-state index < -0.39 is 10.0 Å². The summed E-state index contributed by atoms with van der Waals surface area (Å²) in [6, 6.07) is 13.6. The number of aliphatic hydroxyl groups is 1. The third-order valence-electron chi connectivity index (χ3n) is 4.92. The Morgan fingerprint density at radius 1 is 1.21 bits per heavy atom. The number of hydrogen-bond acceptors (Lipinski definition) is 5. The summed E-state index contributed by atoms with van der Waals surface area (Å²) < 4.78 is 27.4. The monoisotopic (exact) mass is 415 g/mol. The van der Waals surface area contributed by atoms with Crippen LogP contribution in [0.2, 0.25) is 0 Å². The third kappa shape index (κ3) is 6.04. The van der Waals surface area contributed by atoms with Gasteiger partial charge in [-0.2, -0.15) is 5.26 Å². The first-order valence-corrected chi connectivity index (χ1v) is 11.3. The van der Waals surface area contributed by atoms with Gasteiger partial charge in [0, 0.05) is 31.9 Å². The lowest BCUT2D eigenvalue weighted by atomic mass is 10.1. The summed E-state index contributed by atoms with van der Waals surface area (Å²) in [6.07, 6.45) is 1.88. The second-order valence-electron chi connectivity index (χ2n) is 7.05. The van der Waals surface area contributed by atoms with Crippen molar-refractivity contribution < 1.29 is 13.5 Å². The zero-order valence-corrected chi connectivity index (χ0v) is 18.0. The number of rotatable bonds is 10. The summed E-state index contributed by atoms with van der Waals surface area (Å²) in [5.41, 5.74) is 1.80. The first kappa shape index (κ1) is 22.9. The van der Waals surface area contributed by atoms with E-state index >= 15 is 0 Å². The highest BCUT2D eigenvalue weighted by atomic mass is 32.2. The largest absolute Gasteiger partial charge is 0.396 e. The fourth-order valence-corrected chi connectivity index (χ4v) is 4.17. The molecule has 0 aromatic heterocycles. The second-order valence-corrected chi connectivity index (χ2v) is 8.79. The highest BCUT2D eigenvalue weighted by molar-refractivity contribution is 7.93. The third-order valence-corrected chi connectivity index (χ3v) is 6.25. The van der Waals surface area contributed by atoms with Crippen LogP contribution in [0.4, 0.5) is 5.69 Å². The Labute approximate surface area is 173 Å². The Morgan fingerprint density at radius 3 is 2.48 bits per heavy atom. The molecule has 6 nitrogen and oxygen atoms in total. The summed E-state index contributed by atoms with van der Waals surface area (Å²) in [5, 5.41) is 20.3. The van der Waals surface area contributed by atoms with Gasteiger partial charge in [-0.05, 0) is 66.8 Å². The minimum Gasteiger partial charge on any atom is -0.396 e. The topological polar surface area (TPSA) is 93.4 Å². The second kappa shape index (κ2) is 10.4. The van der Waals surface area contributed by atoms with E-state index in [-0.39, 0.29) is 24.0 Å². The zero-order valence-electron chi connectivity index (χ0n) is 17.2. The molecule has 0 aliphatic heterocycles. The van der Waals surface area contributed by atoms with Crippen molar-refractivity contribution in [2.45, 2.75) is 27.2 Å². The quantitative estimate of drug-likeness (QED) is 0.580. The van der Waals surface area contributed by atoms with Gasteiger partial charge in [0.05, 0.1) is 0 Å². The predicted molar refractivity (Wildman–Crippen MR) is 119 cm³/mol. The van der Waals surface area contributed by atoms with Gasteiger partial charge in [0.2, 0.25) is 0 Å². The van der Waals surface area contributed by atoms with Crippen LogP contribution in [0.1, 0.15) is 32.8 Å². The lowest BCUT2D eigenvalue weighted by Crippen LogP contribution is -2.29. The highest BCUT2D eigenvalue weighted by Crippen LogP contribution is 2.24. The van der Waals surface area contributed by atoms with Gasteiger partial charge in [-0.3, -0.25) is 0 Å². The van der Waals surface area contributed by atoms with Gasteiger partial charge in [-0.25, -0.2) is 13.1 Å². The number of benzene rings is 2. The van der Waals surface area contributed by atoms with Crippen molar-refractivity contribution in [3.05, 3.63) is 46.9 Å². The van der Waals surface area contributed by atoms with Gasteiger partial charge in [0.15, 0.2) is 4.91 Å². The van der Waals surface area contributed by atoms with Gasteiger partial charge >= 0.3 is 0 Å². The smallest absolute Gasteiger partial charge is 0.250 e. The van der Waals surface area contributed by atoms with E-state index in [1.807, 2.05) is 31.2 Å². The lowest BCUT2D eigenvalue weighted by Gasteiger charge is -2.21. The van der Waals surface area contributed by atoms with Crippen LogP contribution in [0.3, 0.4) is 0 Å². The number of aliphatic hydroxyl groups excluding tert-OH is 1. The number of nitrogens with zero attached hydrogens (tertiary/aromatic N) is 2. The summed E-state index contributed by atoms with van der Waals surface area (Å²) in [5.74, 6) is -0.0182. The van der Waals surface area contributed by atoms with Gasteiger partial charge in [-0.15, -0.1) is 0 Å². The molecule has 2 N–H and O–H groups in total. The molecule has 7 heteroatoms. The number of allylic oxidation sites excluding steroid dienone is 1. The molecule has 0 aliphatic rings. The summed E-state index contributed by atoms with van der Waals surface area (Å²) in [6.45, 7) is 8.09. The molecule has 0 saturated heterocycles. The normalized spacial score (nSPS) is 13.3. The molecule has 1 atom stereocenters. The van der Waals surface area contributed by atoms with Crippen molar-refractivity contribution >= 4 is 32.6 Å². The minimum atomic E-state index is -3.90. The molecule has 2 aromatic carbocycles. The Morgan fingerprint density at radius 2 is 1.86 bits per heavy atom. The maximum Gasteiger partial charge on any atom is 0.250 e. The molecular weight excluding hydrogens is 386 g/mol. The van der Waals surface area contributed by atoms with Crippen molar-refractivity contribution in [1.82, 2.24) is 4.72 Å². The molecule has 0 spiro atoms. The number of nitrogens with one attached hydrogen (secondary N) is 1. The van der Waals surface area contributed by atoms with Crippen LogP contribution in [0.15, 0.2) is 41.3 Å². The van der Waals surface area contributed by atoms with Gasteiger partial charge < -0.3 is 10.0 Å². The Hall–Kier alpha value is -2.40. The standard InChI is InChI=1S/C22H29N3O3S/c1-4-25(5-2)21-9-8-19-12-18(6-7-20(19)14-21)13-22(15-23)29(27,28)24-16-17(3)10-11-26/h6-9,12-14,17,24,26H,4-5,10-11,16H2,1-3H3/b22-13+. The van der Waals surface area contributed by atoms with E-state index in [4.69, 9.17) is 5.11 Å². The summed E-state index contributed by atoms with van der Waals surface area (Å²) in [7, 11) is -3.90. The van der Waals surface area contributed by atoms with E-state index in [1.54, 1.807) is 6.07 Å². The SMILES string of the molecule is CCN(CC)c1ccc2cc(/C=C(\C#N)S(=O)(=O)NCC(C)CCO)ccc2c1. The van der Waals surface area contributed by atoms with Gasteiger partial charge in [-0.1, -0.05) is 25.1 Å². The number of nitriles is 1. The molecular formula is C22H29N3O3S. The average molecular weight is 416 g/mol. The van der Waals surface area contributed by atoms with Crippen molar-refractivity contribution in [3.8, 4) is 6.07 Å². The summed E-state index contributed by atoms with van der Waals surface area (Å²) in [4.78, 5) is 1.93. The van der Waals surface area contributed by atoms with Crippen molar-refractivity contribution in [2.75, 3.05) is 31.1 Å². The van der Waals surface area contributed by atoms with Crippen molar-refractivity contribution in [1.29, 1.82) is 5.26 Å². The predicted octanol–water partition coefficient (Wildman–Crippen LogP) is 3.49. The average Bonchev–Trinajstić information content (AvgIpc) is 2.71. The first-order chi connectivity index (χ1) is 13.8. The summed E-state index contributed by atoms with van der Waals surface area (Å²) >= 11 is 0. The Kier molecular flexibility index (Phi) is 8.21. The highest BCUT2D eigenvalue weighted by Gasteiger charge is 2.18. The van der Waals surface area contributed by atoms with Crippen LogP contribution in [-0.2, 0) is 10.0 Å². The zero-order chi connectivity index (χ0) is 21.4. The molecule has 0 heterocycles. The maximum atomic E-state index is 12.5. The van der Waals surface area contributed by atoms with E-state index in [9.17, 15) is 13.7 Å². The van der Waals surface area contributed by atoms with E-state index in [0.717, 1.165) is 29.5 Å². The van der Waals surface area contributed by atoms with Crippen LogP contribution >= 0.6 is 0 Å². The van der Waals surface area contributed by atoms with Crippen LogP contribution in [0.5, 0.6) is 0 Å².